The molecule has 2 rings (SSSR count). The molecule has 3 nitrogen and oxygen atoms in total. The van der Waals surface area contributed by atoms with Crippen LogP contribution in [0.4, 0.5) is 4.39 Å². The molecule has 2 aromatic rings. The van der Waals surface area contributed by atoms with Crippen LogP contribution in [-0.4, -0.2) is 16.5 Å². The zero-order valence-electron chi connectivity index (χ0n) is 9.61. The highest BCUT2D eigenvalue weighted by atomic mass is 32.2. The van der Waals surface area contributed by atoms with Gasteiger partial charge in [-0.25, -0.2) is 9.37 Å². The van der Waals surface area contributed by atoms with E-state index in [1.807, 2.05) is 0 Å². The van der Waals surface area contributed by atoms with Crippen molar-refractivity contribution in [1.29, 1.82) is 0 Å². The Hall–Kier alpha value is -1.77. The van der Waals surface area contributed by atoms with Gasteiger partial charge in [0.15, 0.2) is 5.16 Å². The van der Waals surface area contributed by atoms with E-state index in [9.17, 15) is 4.39 Å². The molecule has 0 saturated heterocycles. The molecule has 0 aliphatic rings. The first-order valence-corrected chi connectivity index (χ1v) is 6.37. The lowest BCUT2D eigenvalue weighted by atomic mass is 10.1. The van der Waals surface area contributed by atoms with Crippen LogP contribution in [0.25, 0.3) is 0 Å². The van der Waals surface area contributed by atoms with Crippen LogP contribution in [0.3, 0.4) is 0 Å². The Morgan fingerprint density at radius 1 is 1.44 bits per heavy atom. The van der Waals surface area contributed by atoms with E-state index >= 15 is 0 Å². The van der Waals surface area contributed by atoms with Crippen LogP contribution < -0.4 is 5.73 Å². The molecule has 1 heterocycles. The topological polar surface area (TPSA) is 54.7 Å². The number of hydrogen-bond donors (Lipinski definition) is 2. The summed E-state index contributed by atoms with van der Waals surface area (Å²) in [6.45, 7) is 0.227. The smallest absolute Gasteiger partial charge is 0.165 e. The summed E-state index contributed by atoms with van der Waals surface area (Å²) < 4.78 is 13.4. The molecule has 1 aromatic heterocycles. The second-order valence-corrected chi connectivity index (χ2v) is 4.47. The van der Waals surface area contributed by atoms with Gasteiger partial charge in [0.25, 0.3) is 0 Å². The van der Waals surface area contributed by atoms with Gasteiger partial charge in [-0.15, -0.1) is 0 Å². The minimum absolute atomic E-state index is 0.227. The van der Waals surface area contributed by atoms with Crippen molar-refractivity contribution in [2.75, 3.05) is 6.54 Å². The summed E-state index contributed by atoms with van der Waals surface area (Å²) in [6.07, 6.45) is 3.47. The number of hydrogen-bond acceptors (Lipinski definition) is 3. The van der Waals surface area contributed by atoms with E-state index in [2.05, 4.69) is 21.8 Å². The average Bonchev–Trinajstić information content (AvgIpc) is 2.89. The van der Waals surface area contributed by atoms with Gasteiger partial charge in [-0.2, -0.15) is 0 Å². The monoisotopic (exact) mass is 261 g/mol. The van der Waals surface area contributed by atoms with Crippen molar-refractivity contribution in [3.8, 4) is 11.8 Å². The molecule has 0 atom stereocenters. The number of halogens is 1. The highest BCUT2D eigenvalue weighted by molar-refractivity contribution is 7.98. The molecule has 0 amide bonds. The summed E-state index contributed by atoms with van der Waals surface area (Å²) in [5.74, 6) is 5.77. The van der Waals surface area contributed by atoms with Gasteiger partial charge in [0, 0.05) is 18.1 Å². The van der Waals surface area contributed by atoms with E-state index in [0.29, 0.717) is 11.3 Å². The van der Waals surface area contributed by atoms with Crippen LogP contribution >= 0.6 is 11.8 Å². The number of nitrogens with two attached hydrogens (primary N) is 1. The Balaban J connectivity index is 2.09. The van der Waals surface area contributed by atoms with Crippen LogP contribution in [0.5, 0.6) is 0 Å². The summed E-state index contributed by atoms with van der Waals surface area (Å²) in [5, 5.41) is 0.842. The first-order chi connectivity index (χ1) is 8.79. The van der Waals surface area contributed by atoms with Crippen molar-refractivity contribution in [3.05, 3.63) is 47.5 Å². The second-order valence-electron chi connectivity index (χ2n) is 3.50. The van der Waals surface area contributed by atoms with Gasteiger partial charge in [0.2, 0.25) is 0 Å². The molecule has 0 unspecified atom stereocenters. The zero-order chi connectivity index (χ0) is 12.8. The van der Waals surface area contributed by atoms with E-state index in [4.69, 9.17) is 5.73 Å². The molecule has 3 N–H and O–H groups in total. The molecule has 0 saturated carbocycles. The minimum atomic E-state index is -0.317. The number of benzene rings is 1. The van der Waals surface area contributed by atoms with Crippen LogP contribution in [-0.2, 0) is 5.75 Å². The number of imidazole rings is 1. The first-order valence-electron chi connectivity index (χ1n) is 5.39. The number of nitrogens with one attached hydrogen (secondary N) is 1. The largest absolute Gasteiger partial charge is 0.340 e. The molecule has 92 valence electrons. The summed E-state index contributed by atoms with van der Waals surface area (Å²) >= 11 is 1.56. The lowest BCUT2D eigenvalue weighted by molar-refractivity contribution is 0.624. The van der Waals surface area contributed by atoms with Crippen molar-refractivity contribution in [3.63, 3.8) is 0 Å². The van der Waals surface area contributed by atoms with E-state index in [-0.39, 0.29) is 12.4 Å². The van der Waals surface area contributed by atoms with Gasteiger partial charge >= 0.3 is 0 Å². The lowest BCUT2D eigenvalue weighted by Gasteiger charge is -2.01. The second kappa shape index (κ2) is 6.24. The molecular formula is C13H12FN3S. The summed E-state index contributed by atoms with van der Waals surface area (Å²) in [6, 6.07) is 4.92. The standard InChI is InChI=1S/C13H12FN3S/c14-12-4-3-10(8-11(12)2-1-5-15)9-18-13-16-6-7-17-13/h3-4,6-8H,5,9,15H2,(H,16,17). The van der Waals surface area contributed by atoms with Gasteiger partial charge in [-0.1, -0.05) is 29.7 Å². The van der Waals surface area contributed by atoms with Crippen molar-refractivity contribution in [2.45, 2.75) is 10.9 Å². The molecule has 0 fully saturated rings. The Kier molecular flexibility index (Phi) is 4.40. The van der Waals surface area contributed by atoms with Crippen molar-refractivity contribution in [2.24, 2.45) is 5.73 Å². The third-order valence-electron chi connectivity index (χ3n) is 2.20. The fraction of sp³-hybridized carbons (Fsp3) is 0.154. The SMILES string of the molecule is NCC#Cc1cc(CSc2ncc[nH]2)ccc1F. The predicted octanol–water partition coefficient (Wildman–Crippen LogP) is 2.15. The lowest BCUT2D eigenvalue weighted by Crippen LogP contribution is -1.94. The molecule has 0 bridgehead atoms. The predicted molar refractivity (Wildman–Crippen MR) is 70.5 cm³/mol. The normalized spacial score (nSPS) is 9.89. The Labute approximate surface area is 109 Å². The van der Waals surface area contributed by atoms with E-state index < -0.39 is 0 Å². The number of nitrogens with zero attached hydrogens (tertiary/aromatic N) is 1. The molecule has 1 aromatic carbocycles. The molecule has 0 aliphatic carbocycles. The number of thioether (sulfide) groups is 1. The fourth-order valence-electron chi connectivity index (χ4n) is 1.39. The number of aromatic nitrogens is 2. The van der Waals surface area contributed by atoms with Gasteiger partial charge in [-0.3, -0.25) is 0 Å². The Morgan fingerprint density at radius 2 is 2.33 bits per heavy atom. The van der Waals surface area contributed by atoms with Gasteiger partial charge < -0.3 is 10.7 Å². The molecule has 0 aliphatic heterocycles. The summed E-state index contributed by atoms with van der Waals surface area (Å²) in [4.78, 5) is 7.11. The highest BCUT2D eigenvalue weighted by Crippen LogP contribution is 2.20. The summed E-state index contributed by atoms with van der Waals surface area (Å²) in [5.41, 5.74) is 6.66. The minimum Gasteiger partial charge on any atom is -0.340 e. The van der Waals surface area contributed by atoms with E-state index in [1.165, 1.54) is 6.07 Å². The van der Waals surface area contributed by atoms with Gasteiger partial charge in [-0.05, 0) is 17.7 Å². The molecule has 18 heavy (non-hydrogen) atoms. The molecular weight excluding hydrogens is 249 g/mol. The third-order valence-corrected chi connectivity index (χ3v) is 3.18. The van der Waals surface area contributed by atoms with Crippen molar-refractivity contribution < 1.29 is 4.39 Å². The zero-order valence-corrected chi connectivity index (χ0v) is 10.4. The van der Waals surface area contributed by atoms with Crippen molar-refractivity contribution >= 4 is 11.8 Å². The van der Waals surface area contributed by atoms with E-state index in [1.54, 1.807) is 36.3 Å². The van der Waals surface area contributed by atoms with Gasteiger partial charge in [0.05, 0.1) is 12.1 Å². The van der Waals surface area contributed by atoms with Crippen LogP contribution in [0.2, 0.25) is 0 Å². The maximum Gasteiger partial charge on any atom is 0.165 e. The Morgan fingerprint density at radius 3 is 3.06 bits per heavy atom. The molecule has 0 spiro atoms. The molecule has 0 radical (unpaired) electrons. The average molecular weight is 261 g/mol. The van der Waals surface area contributed by atoms with Crippen LogP contribution in [0, 0.1) is 17.7 Å². The van der Waals surface area contributed by atoms with E-state index in [0.717, 1.165) is 10.7 Å². The third kappa shape index (κ3) is 3.36. The highest BCUT2D eigenvalue weighted by Gasteiger charge is 2.03. The maximum absolute atomic E-state index is 13.4. The molecule has 5 heteroatoms. The number of rotatable bonds is 3. The maximum atomic E-state index is 13.4. The fourth-order valence-corrected chi connectivity index (χ4v) is 2.16. The number of aromatic amines is 1. The quantitative estimate of drug-likeness (QED) is 0.657. The first kappa shape index (κ1) is 12.7. The van der Waals surface area contributed by atoms with Crippen LogP contribution in [0.1, 0.15) is 11.1 Å². The van der Waals surface area contributed by atoms with Crippen LogP contribution in [0.15, 0.2) is 35.7 Å². The van der Waals surface area contributed by atoms with Crippen molar-refractivity contribution in [1.82, 2.24) is 9.97 Å². The Bertz CT molecular complexity index is 570. The van der Waals surface area contributed by atoms with Gasteiger partial charge in [0.1, 0.15) is 5.82 Å². The number of H-pyrrole nitrogens is 1. The summed E-state index contributed by atoms with van der Waals surface area (Å²) in [7, 11) is 0.